The Hall–Kier alpha value is 0.140. The molecule has 0 N–H and O–H groups in total. The van der Waals surface area contributed by atoms with Gasteiger partial charge in [0.05, 0.1) is 13.7 Å². The van der Waals surface area contributed by atoms with Crippen LogP contribution in [0.15, 0.2) is 9.85 Å². The van der Waals surface area contributed by atoms with E-state index in [1.54, 1.807) is 6.07 Å². The molecule has 0 aromatic carbocycles. The minimum atomic E-state index is 0.226. The van der Waals surface area contributed by atoms with Gasteiger partial charge in [-0.05, 0) is 34.8 Å². The lowest BCUT2D eigenvalue weighted by Gasteiger charge is -2.10. The molecule has 0 aliphatic heterocycles. The highest BCUT2D eigenvalue weighted by atomic mass is 79.9. The van der Waals surface area contributed by atoms with E-state index in [1.165, 1.54) is 37.0 Å². The van der Waals surface area contributed by atoms with Crippen molar-refractivity contribution in [1.82, 2.24) is 0 Å². The van der Waals surface area contributed by atoms with Gasteiger partial charge in [-0.15, -0.1) is 11.3 Å². The Labute approximate surface area is 113 Å². The van der Waals surface area contributed by atoms with Gasteiger partial charge in [0.2, 0.25) is 0 Å². The SMILES string of the molecule is O=C(c1cc(Cl)c(Br)s1)C1CCCCCC1. The first-order valence-corrected chi connectivity index (χ1v) is 7.66. The number of Topliss-reactive ketones (excluding diaryl/α,β-unsaturated/α-hetero) is 1. The zero-order chi connectivity index (χ0) is 11.5. The van der Waals surface area contributed by atoms with E-state index in [4.69, 9.17) is 11.6 Å². The molecule has 1 nitrogen and oxygen atoms in total. The summed E-state index contributed by atoms with van der Waals surface area (Å²) in [7, 11) is 0. The number of carbonyl (C=O) groups is 1. The number of ketones is 1. The second-order valence-corrected chi connectivity index (χ2v) is 7.06. The molecule has 1 heterocycles. The summed E-state index contributed by atoms with van der Waals surface area (Å²) in [6.45, 7) is 0. The summed E-state index contributed by atoms with van der Waals surface area (Å²) in [5, 5.41) is 0.655. The van der Waals surface area contributed by atoms with Crippen molar-refractivity contribution < 1.29 is 4.79 Å². The van der Waals surface area contributed by atoms with Crippen LogP contribution in [0.3, 0.4) is 0 Å². The smallest absolute Gasteiger partial charge is 0.175 e. The largest absolute Gasteiger partial charge is 0.293 e. The highest BCUT2D eigenvalue weighted by Crippen LogP contribution is 2.35. The molecule has 1 aromatic rings. The molecule has 0 radical (unpaired) electrons. The average molecular weight is 322 g/mol. The van der Waals surface area contributed by atoms with Crippen molar-refractivity contribution in [3.8, 4) is 0 Å². The Morgan fingerprint density at radius 3 is 2.44 bits per heavy atom. The van der Waals surface area contributed by atoms with Gasteiger partial charge in [0, 0.05) is 5.92 Å². The van der Waals surface area contributed by atoms with Crippen LogP contribution >= 0.6 is 38.9 Å². The molecule has 0 spiro atoms. The zero-order valence-corrected chi connectivity index (χ0v) is 12.1. The fourth-order valence-electron chi connectivity index (χ4n) is 2.21. The molecule has 16 heavy (non-hydrogen) atoms. The lowest BCUT2D eigenvalue weighted by atomic mass is 9.95. The third kappa shape index (κ3) is 2.88. The molecule has 88 valence electrons. The number of hydrogen-bond donors (Lipinski definition) is 0. The monoisotopic (exact) mass is 320 g/mol. The molecule has 0 amide bonds. The highest BCUT2D eigenvalue weighted by Gasteiger charge is 2.23. The predicted molar refractivity (Wildman–Crippen MR) is 72.6 cm³/mol. The Balaban J connectivity index is 2.11. The third-order valence-corrected chi connectivity index (χ3v) is 5.60. The predicted octanol–water partition coefficient (Wildman–Crippen LogP) is 5.32. The number of thiophene rings is 1. The summed E-state index contributed by atoms with van der Waals surface area (Å²) in [4.78, 5) is 13.1. The van der Waals surface area contributed by atoms with Crippen LogP contribution in [0.5, 0.6) is 0 Å². The number of hydrogen-bond acceptors (Lipinski definition) is 2. The average Bonchev–Trinajstić information content (AvgIpc) is 2.51. The van der Waals surface area contributed by atoms with Gasteiger partial charge in [0.15, 0.2) is 5.78 Å². The molecule has 0 unspecified atom stereocenters. The van der Waals surface area contributed by atoms with E-state index in [1.807, 2.05) is 0 Å². The van der Waals surface area contributed by atoms with Crippen LogP contribution in [-0.4, -0.2) is 5.78 Å². The Bertz CT molecular complexity index is 361. The molecular weight excluding hydrogens is 308 g/mol. The van der Waals surface area contributed by atoms with E-state index >= 15 is 0 Å². The first-order chi connectivity index (χ1) is 7.68. The maximum atomic E-state index is 12.2. The minimum absolute atomic E-state index is 0.226. The van der Waals surface area contributed by atoms with E-state index in [-0.39, 0.29) is 5.92 Å². The molecule has 1 aromatic heterocycles. The summed E-state index contributed by atoms with van der Waals surface area (Å²) in [6, 6.07) is 1.80. The van der Waals surface area contributed by atoms with Gasteiger partial charge in [-0.1, -0.05) is 37.3 Å². The number of halogens is 2. The van der Waals surface area contributed by atoms with Gasteiger partial charge < -0.3 is 0 Å². The van der Waals surface area contributed by atoms with Gasteiger partial charge in [-0.25, -0.2) is 0 Å². The molecule has 1 fully saturated rings. The Morgan fingerprint density at radius 1 is 1.31 bits per heavy atom. The van der Waals surface area contributed by atoms with Crippen LogP contribution < -0.4 is 0 Å². The van der Waals surface area contributed by atoms with Crippen molar-refractivity contribution in [2.24, 2.45) is 5.92 Å². The normalized spacial score (nSPS) is 18.4. The summed E-state index contributed by atoms with van der Waals surface area (Å²) >= 11 is 10.8. The fourth-order valence-corrected chi connectivity index (χ4v) is 3.93. The first-order valence-electron chi connectivity index (χ1n) is 5.67. The summed E-state index contributed by atoms with van der Waals surface area (Å²) in [5.74, 6) is 0.517. The van der Waals surface area contributed by atoms with Gasteiger partial charge in [0.25, 0.3) is 0 Å². The quantitative estimate of drug-likeness (QED) is 0.532. The third-order valence-electron chi connectivity index (χ3n) is 3.11. The Morgan fingerprint density at radius 2 is 1.94 bits per heavy atom. The molecular formula is C12H14BrClOS. The van der Waals surface area contributed by atoms with Crippen molar-refractivity contribution in [2.75, 3.05) is 0 Å². The maximum absolute atomic E-state index is 12.2. The molecule has 0 saturated heterocycles. The van der Waals surface area contributed by atoms with E-state index < -0.39 is 0 Å². The molecule has 2 rings (SSSR count). The fraction of sp³-hybridized carbons (Fsp3) is 0.583. The van der Waals surface area contributed by atoms with E-state index in [2.05, 4.69) is 15.9 Å². The highest BCUT2D eigenvalue weighted by molar-refractivity contribution is 9.11. The van der Waals surface area contributed by atoms with E-state index in [9.17, 15) is 4.79 Å². The molecule has 4 heteroatoms. The minimum Gasteiger partial charge on any atom is -0.293 e. The van der Waals surface area contributed by atoms with Crippen LogP contribution in [0.4, 0.5) is 0 Å². The van der Waals surface area contributed by atoms with Gasteiger partial charge in [-0.3, -0.25) is 4.79 Å². The molecule has 0 bridgehead atoms. The van der Waals surface area contributed by atoms with Crippen LogP contribution in [0, 0.1) is 5.92 Å². The molecule has 1 aliphatic carbocycles. The Kier molecular flexibility index (Phi) is 4.45. The first kappa shape index (κ1) is 12.6. The lowest BCUT2D eigenvalue weighted by molar-refractivity contribution is 0.0912. The van der Waals surface area contributed by atoms with Crippen molar-refractivity contribution >= 4 is 44.7 Å². The zero-order valence-electron chi connectivity index (χ0n) is 8.97. The van der Waals surface area contributed by atoms with Crippen LogP contribution in [0.2, 0.25) is 5.02 Å². The summed E-state index contributed by atoms with van der Waals surface area (Å²) in [6.07, 6.45) is 7.03. The number of carbonyl (C=O) groups excluding carboxylic acids is 1. The van der Waals surface area contributed by atoms with Crippen molar-refractivity contribution in [3.05, 3.63) is 19.8 Å². The van der Waals surface area contributed by atoms with Crippen LogP contribution in [0.25, 0.3) is 0 Å². The van der Waals surface area contributed by atoms with Crippen molar-refractivity contribution in [1.29, 1.82) is 0 Å². The molecule has 1 saturated carbocycles. The van der Waals surface area contributed by atoms with E-state index in [0.29, 0.717) is 10.8 Å². The summed E-state index contributed by atoms with van der Waals surface area (Å²) < 4.78 is 0.867. The van der Waals surface area contributed by atoms with E-state index in [0.717, 1.165) is 21.5 Å². The number of rotatable bonds is 2. The summed E-state index contributed by atoms with van der Waals surface area (Å²) in [5.41, 5.74) is 0. The maximum Gasteiger partial charge on any atom is 0.175 e. The van der Waals surface area contributed by atoms with Gasteiger partial charge in [0.1, 0.15) is 0 Å². The van der Waals surface area contributed by atoms with Crippen molar-refractivity contribution in [2.45, 2.75) is 38.5 Å². The van der Waals surface area contributed by atoms with Gasteiger partial charge in [-0.2, -0.15) is 0 Å². The van der Waals surface area contributed by atoms with Gasteiger partial charge >= 0.3 is 0 Å². The topological polar surface area (TPSA) is 17.1 Å². The van der Waals surface area contributed by atoms with Crippen molar-refractivity contribution in [3.63, 3.8) is 0 Å². The molecule has 1 aliphatic rings. The second-order valence-electron chi connectivity index (χ2n) is 4.29. The lowest BCUT2D eigenvalue weighted by Crippen LogP contribution is -2.12. The standard InChI is InChI=1S/C12H14BrClOS/c13-12-9(14)7-10(16-12)11(15)8-5-3-1-2-4-6-8/h7-8H,1-6H2. The molecule has 0 atom stereocenters. The van der Waals surface area contributed by atoms with Crippen LogP contribution in [-0.2, 0) is 0 Å². The second kappa shape index (κ2) is 5.65. The van der Waals surface area contributed by atoms with Crippen LogP contribution in [0.1, 0.15) is 48.2 Å².